The molecule has 38 heavy (non-hydrogen) atoms. The molecule has 0 amide bonds. The predicted octanol–water partition coefficient (Wildman–Crippen LogP) is 8.95. The second-order valence-electron chi connectivity index (χ2n) is 9.92. The summed E-state index contributed by atoms with van der Waals surface area (Å²) in [5.41, 5.74) is 20.3. The minimum Gasteiger partial charge on any atom is -0.397 e. The third-order valence-corrected chi connectivity index (χ3v) is 7.26. The Labute approximate surface area is 226 Å². The van der Waals surface area contributed by atoms with Gasteiger partial charge in [0.15, 0.2) is 0 Å². The molecule has 0 aliphatic rings. The third kappa shape index (κ3) is 6.46. The van der Waals surface area contributed by atoms with Crippen molar-refractivity contribution in [1.29, 1.82) is 0 Å². The molecule has 0 saturated carbocycles. The van der Waals surface area contributed by atoms with Gasteiger partial charge in [0.1, 0.15) is 0 Å². The predicted molar refractivity (Wildman–Crippen MR) is 161 cm³/mol. The van der Waals surface area contributed by atoms with Crippen LogP contribution < -0.4 is 22.1 Å². The highest BCUT2D eigenvalue weighted by molar-refractivity contribution is 5.75. The molecule has 6 N–H and O–H groups in total. The quantitative estimate of drug-likeness (QED) is 0.107. The number of nitrogens with two attached hydrogens (primary N) is 2. The molecule has 0 radical (unpaired) electrons. The lowest BCUT2D eigenvalue weighted by Crippen LogP contribution is -2.28. The normalized spacial score (nSPS) is 11.3. The molecule has 4 rings (SSSR count). The zero-order valence-corrected chi connectivity index (χ0v) is 22.2. The van der Waals surface area contributed by atoms with E-state index in [4.69, 9.17) is 11.5 Å². The maximum atomic E-state index is 13.2. The maximum Gasteiger partial charge on any atom is 0.0894 e. The summed E-state index contributed by atoms with van der Waals surface area (Å²) in [4.78, 5) is 0. The lowest BCUT2D eigenvalue weighted by molar-refractivity contribution is 0.379. The Morgan fingerprint density at radius 2 is 1.11 bits per heavy atom. The summed E-state index contributed by atoms with van der Waals surface area (Å²) < 4.78 is 13.2. The van der Waals surface area contributed by atoms with E-state index in [1.54, 1.807) is 0 Å². The van der Waals surface area contributed by atoms with E-state index in [1.807, 2.05) is 60.7 Å². The maximum absolute atomic E-state index is 13.2. The van der Waals surface area contributed by atoms with E-state index in [9.17, 15) is 4.39 Å². The van der Waals surface area contributed by atoms with Crippen molar-refractivity contribution in [2.45, 2.75) is 50.9 Å². The molecule has 0 unspecified atom stereocenters. The molecule has 0 saturated heterocycles. The van der Waals surface area contributed by atoms with Gasteiger partial charge in [0.05, 0.1) is 29.4 Å². The summed E-state index contributed by atoms with van der Waals surface area (Å²) in [5.74, 6) is 0. The van der Waals surface area contributed by atoms with Gasteiger partial charge in [-0.25, -0.2) is 0 Å². The van der Waals surface area contributed by atoms with E-state index < -0.39 is 0 Å². The van der Waals surface area contributed by atoms with Crippen molar-refractivity contribution in [2.24, 2.45) is 0 Å². The molecular formula is C33H39FN4. The van der Waals surface area contributed by atoms with Gasteiger partial charge in [0.25, 0.3) is 0 Å². The van der Waals surface area contributed by atoms with Crippen molar-refractivity contribution < 1.29 is 4.39 Å². The molecule has 0 aliphatic heterocycles. The Morgan fingerprint density at radius 1 is 0.632 bits per heavy atom. The van der Waals surface area contributed by atoms with Crippen LogP contribution >= 0.6 is 0 Å². The fraction of sp³-hybridized carbons (Fsp3) is 0.273. The van der Waals surface area contributed by atoms with Crippen LogP contribution in [0.4, 0.5) is 38.5 Å². The molecule has 0 spiro atoms. The number of halogens is 1. The van der Waals surface area contributed by atoms with E-state index >= 15 is 0 Å². The zero-order chi connectivity index (χ0) is 26.8. The summed E-state index contributed by atoms with van der Waals surface area (Å²) in [5, 5.41) is 6.85. The van der Waals surface area contributed by atoms with E-state index in [2.05, 4.69) is 54.0 Å². The second kappa shape index (κ2) is 13.0. The summed E-state index contributed by atoms with van der Waals surface area (Å²) >= 11 is 0. The van der Waals surface area contributed by atoms with Crippen LogP contribution in [0.25, 0.3) is 0 Å². The third-order valence-electron chi connectivity index (χ3n) is 7.26. The van der Waals surface area contributed by atoms with Gasteiger partial charge < -0.3 is 22.1 Å². The average Bonchev–Trinajstić information content (AvgIpc) is 2.94. The average molecular weight is 511 g/mol. The van der Waals surface area contributed by atoms with E-state index in [0.717, 1.165) is 66.0 Å². The van der Waals surface area contributed by atoms with Crippen LogP contribution in [0.15, 0.2) is 97.1 Å². The number of alkyl halides is 1. The number of hydrogen-bond donors (Lipinski definition) is 4. The number of para-hydroxylation sites is 2. The first kappa shape index (κ1) is 27.1. The standard InChI is InChI=1S/C33H39FN4/c1-2-3-20-33(21-10-11-22-34,25-16-18-31(29(35)23-25)37-27-12-6-4-7-13-27)26-17-19-32(30(36)24-26)38-28-14-8-5-9-15-28/h4-9,12-19,23-24,37-38H,2-3,10-11,20-22,35-36H2,1H3. The van der Waals surface area contributed by atoms with Crippen LogP contribution in [0.2, 0.25) is 0 Å². The fourth-order valence-corrected chi connectivity index (χ4v) is 5.17. The highest BCUT2D eigenvalue weighted by Gasteiger charge is 2.34. The summed E-state index contributed by atoms with van der Waals surface area (Å²) in [6, 6.07) is 32.6. The minimum atomic E-state index is -0.316. The first-order valence-corrected chi connectivity index (χ1v) is 13.6. The molecule has 0 fully saturated rings. The largest absolute Gasteiger partial charge is 0.397 e. The first-order chi connectivity index (χ1) is 18.6. The molecule has 198 valence electrons. The number of unbranched alkanes of at least 4 members (excludes halogenated alkanes) is 2. The lowest BCUT2D eigenvalue weighted by atomic mass is 9.67. The minimum absolute atomic E-state index is 0.312. The van der Waals surface area contributed by atoms with Crippen LogP contribution in [0.1, 0.15) is 56.6 Å². The van der Waals surface area contributed by atoms with Gasteiger partial charge in [-0.2, -0.15) is 0 Å². The first-order valence-electron chi connectivity index (χ1n) is 13.6. The van der Waals surface area contributed by atoms with Crippen LogP contribution in [-0.4, -0.2) is 6.67 Å². The molecule has 4 nitrogen and oxygen atoms in total. The SMILES string of the molecule is CCCCC(CCCCF)(c1ccc(Nc2ccccc2)c(N)c1)c1ccc(Nc2ccccc2)c(N)c1. The van der Waals surface area contributed by atoms with Crippen LogP contribution in [0.5, 0.6) is 0 Å². The van der Waals surface area contributed by atoms with Crippen LogP contribution in [0.3, 0.4) is 0 Å². The highest BCUT2D eigenvalue weighted by atomic mass is 19.1. The number of rotatable bonds is 13. The molecule has 0 aliphatic carbocycles. The van der Waals surface area contributed by atoms with Crippen LogP contribution in [0, 0.1) is 0 Å². The fourth-order valence-electron chi connectivity index (χ4n) is 5.17. The van der Waals surface area contributed by atoms with Gasteiger partial charge in [-0.3, -0.25) is 4.39 Å². The lowest BCUT2D eigenvalue weighted by Gasteiger charge is -2.36. The molecule has 0 aromatic heterocycles. The summed E-state index contributed by atoms with van der Waals surface area (Å²) in [7, 11) is 0. The topological polar surface area (TPSA) is 76.1 Å². The van der Waals surface area contributed by atoms with Crippen LogP contribution in [-0.2, 0) is 5.41 Å². The Balaban J connectivity index is 1.73. The Hall–Kier alpha value is -3.99. The Kier molecular flexibility index (Phi) is 9.26. The number of nitrogen functional groups attached to an aromatic ring is 2. The number of anilines is 6. The zero-order valence-electron chi connectivity index (χ0n) is 22.2. The number of hydrogen-bond acceptors (Lipinski definition) is 4. The molecule has 4 aromatic rings. The molecule has 0 atom stereocenters. The van der Waals surface area contributed by atoms with Crippen molar-refractivity contribution in [3.8, 4) is 0 Å². The van der Waals surface area contributed by atoms with Crippen molar-refractivity contribution in [1.82, 2.24) is 0 Å². The summed E-state index contributed by atoms with van der Waals surface area (Å²) in [6.07, 6.45) is 5.20. The number of benzene rings is 4. The van der Waals surface area contributed by atoms with Crippen molar-refractivity contribution in [3.05, 3.63) is 108 Å². The van der Waals surface area contributed by atoms with Crippen molar-refractivity contribution >= 4 is 34.1 Å². The van der Waals surface area contributed by atoms with Gasteiger partial charge in [-0.05, 0) is 85.3 Å². The van der Waals surface area contributed by atoms with Gasteiger partial charge in [-0.1, -0.05) is 68.3 Å². The molecule has 0 bridgehead atoms. The van der Waals surface area contributed by atoms with Gasteiger partial charge in [0.2, 0.25) is 0 Å². The molecule has 4 aromatic carbocycles. The molecule has 5 heteroatoms. The van der Waals surface area contributed by atoms with E-state index in [0.29, 0.717) is 17.8 Å². The summed E-state index contributed by atoms with van der Waals surface area (Å²) in [6.45, 7) is 1.89. The molecule has 0 heterocycles. The van der Waals surface area contributed by atoms with E-state index in [-0.39, 0.29) is 12.1 Å². The second-order valence-corrected chi connectivity index (χ2v) is 9.92. The van der Waals surface area contributed by atoms with Gasteiger partial charge in [0, 0.05) is 16.8 Å². The monoisotopic (exact) mass is 510 g/mol. The highest BCUT2D eigenvalue weighted by Crippen LogP contribution is 2.45. The number of nitrogens with one attached hydrogen (secondary N) is 2. The smallest absolute Gasteiger partial charge is 0.0894 e. The van der Waals surface area contributed by atoms with E-state index in [1.165, 1.54) is 0 Å². The van der Waals surface area contributed by atoms with Crippen molar-refractivity contribution in [2.75, 3.05) is 28.8 Å². The Bertz CT molecular complexity index is 1200. The van der Waals surface area contributed by atoms with Crippen molar-refractivity contribution in [3.63, 3.8) is 0 Å². The van der Waals surface area contributed by atoms with Gasteiger partial charge in [-0.15, -0.1) is 0 Å². The molecular weight excluding hydrogens is 471 g/mol. The van der Waals surface area contributed by atoms with Gasteiger partial charge >= 0.3 is 0 Å². The Morgan fingerprint density at radius 3 is 1.53 bits per heavy atom.